The van der Waals surface area contributed by atoms with Crippen LogP contribution >= 0.6 is 0 Å². The fraction of sp³-hybridized carbons (Fsp3) is 0.467. The van der Waals surface area contributed by atoms with Crippen LogP contribution in [0.1, 0.15) is 38.7 Å². The second-order valence-corrected chi connectivity index (χ2v) is 4.62. The Balaban J connectivity index is 2.50. The third-order valence-corrected chi connectivity index (χ3v) is 2.76. The van der Waals surface area contributed by atoms with Gasteiger partial charge in [0.2, 0.25) is 5.91 Å². The zero-order valence-corrected chi connectivity index (χ0v) is 12.2. The summed E-state index contributed by atoms with van der Waals surface area (Å²) in [4.78, 5) is 23.2. The summed E-state index contributed by atoms with van der Waals surface area (Å²) in [6.45, 7) is 5.74. The van der Waals surface area contributed by atoms with Crippen LogP contribution in [0.5, 0.6) is 5.75 Å². The van der Waals surface area contributed by atoms with Crippen LogP contribution in [0.4, 0.5) is 0 Å². The molecule has 1 aromatic rings. The second kappa shape index (κ2) is 8.19. The number of carbonyl (C=O) groups excluding carboxylic acids is 2. The van der Waals surface area contributed by atoms with Crippen molar-refractivity contribution in [1.29, 1.82) is 0 Å². The van der Waals surface area contributed by atoms with Gasteiger partial charge in [-0.25, -0.2) is 0 Å². The number of hydrogen-bond acceptors (Lipinski definition) is 3. The van der Waals surface area contributed by atoms with Crippen molar-refractivity contribution in [3.8, 4) is 5.75 Å². The van der Waals surface area contributed by atoms with E-state index in [2.05, 4.69) is 10.9 Å². The summed E-state index contributed by atoms with van der Waals surface area (Å²) in [5, 5.41) is 0. The molecule has 0 fully saturated rings. The minimum Gasteiger partial charge on any atom is -0.481 e. The number of hydrazine groups is 1. The molecular weight excluding hydrogens is 256 g/mol. The highest BCUT2D eigenvalue weighted by Gasteiger charge is 2.18. The zero-order valence-electron chi connectivity index (χ0n) is 12.2. The average Bonchev–Trinajstić information content (AvgIpc) is 2.44. The Bertz CT molecular complexity index is 443. The molecule has 1 rings (SSSR count). The van der Waals surface area contributed by atoms with Crippen molar-refractivity contribution in [1.82, 2.24) is 10.9 Å². The molecule has 0 radical (unpaired) electrons. The number of aryl methyl sites for hydroxylation is 1. The van der Waals surface area contributed by atoms with Crippen LogP contribution in [-0.4, -0.2) is 17.9 Å². The van der Waals surface area contributed by atoms with Crippen LogP contribution < -0.4 is 15.6 Å². The number of rotatable bonds is 6. The number of benzene rings is 1. The Labute approximate surface area is 119 Å². The Morgan fingerprint density at radius 1 is 1.15 bits per heavy atom. The predicted octanol–water partition coefficient (Wildman–Crippen LogP) is 2.10. The lowest BCUT2D eigenvalue weighted by molar-refractivity contribution is -0.133. The maximum absolute atomic E-state index is 11.9. The second-order valence-electron chi connectivity index (χ2n) is 4.62. The fourth-order valence-electron chi connectivity index (χ4n) is 1.60. The lowest BCUT2D eigenvalue weighted by atomic mass is 10.2. The molecule has 0 aromatic heterocycles. The first-order valence-corrected chi connectivity index (χ1v) is 6.88. The largest absolute Gasteiger partial charge is 0.481 e. The van der Waals surface area contributed by atoms with E-state index in [1.54, 1.807) is 0 Å². The molecule has 1 atom stereocenters. The van der Waals surface area contributed by atoms with Crippen molar-refractivity contribution in [2.45, 2.75) is 46.1 Å². The van der Waals surface area contributed by atoms with Crippen molar-refractivity contribution >= 4 is 11.8 Å². The van der Waals surface area contributed by atoms with Gasteiger partial charge in [-0.15, -0.1) is 0 Å². The van der Waals surface area contributed by atoms with Gasteiger partial charge in [0.15, 0.2) is 6.10 Å². The van der Waals surface area contributed by atoms with Gasteiger partial charge in [0.1, 0.15) is 5.75 Å². The van der Waals surface area contributed by atoms with E-state index in [0.29, 0.717) is 18.6 Å². The molecule has 110 valence electrons. The lowest BCUT2D eigenvalue weighted by Gasteiger charge is -2.17. The van der Waals surface area contributed by atoms with Gasteiger partial charge in [0, 0.05) is 6.42 Å². The lowest BCUT2D eigenvalue weighted by Crippen LogP contribution is -2.47. The third kappa shape index (κ3) is 5.30. The van der Waals surface area contributed by atoms with Gasteiger partial charge in [0.25, 0.3) is 5.91 Å². The third-order valence-electron chi connectivity index (χ3n) is 2.76. The van der Waals surface area contributed by atoms with E-state index in [4.69, 9.17) is 4.74 Å². The maximum atomic E-state index is 11.9. The maximum Gasteiger partial charge on any atom is 0.279 e. The summed E-state index contributed by atoms with van der Waals surface area (Å²) >= 11 is 0. The molecule has 0 saturated heterocycles. The smallest absolute Gasteiger partial charge is 0.279 e. The molecule has 0 aliphatic carbocycles. The summed E-state index contributed by atoms with van der Waals surface area (Å²) < 4.78 is 5.61. The molecule has 0 aliphatic heterocycles. The van der Waals surface area contributed by atoms with Gasteiger partial charge >= 0.3 is 0 Å². The van der Waals surface area contributed by atoms with E-state index >= 15 is 0 Å². The molecule has 20 heavy (non-hydrogen) atoms. The van der Waals surface area contributed by atoms with E-state index in [1.807, 2.05) is 45.0 Å². The van der Waals surface area contributed by atoms with Crippen molar-refractivity contribution in [3.63, 3.8) is 0 Å². The molecule has 1 aromatic carbocycles. The molecular formula is C15H22N2O3. The van der Waals surface area contributed by atoms with E-state index in [1.165, 1.54) is 0 Å². The van der Waals surface area contributed by atoms with Crippen LogP contribution in [-0.2, 0) is 9.59 Å². The highest BCUT2D eigenvalue weighted by molar-refractivity contribution is 5.84. The van der Waals surface area contributed by atoms with Gasteiger partial charge in [0.05, 0.1) is 0 Å². The fourth-order valence-corrected chi connectivity index (χ4v) is 1.60. The molecule has 2 N–H and O–H groups in total. The molecule has 0 aliphatic rings. The number of amides is 2. The molecule has 1 unspecified atom stereocenters. The number of ether oxygens (including phenoxy) is 1. The van der Waals surface area contributed by atoms with Gasteiger partial charge in [-0.05, 0) is 31.9 Å². The normalized spacial score (nSPS) is 11.6. The summed E-state index contributed by atoms with van der Waals surface area (Å²) in [6, 6.07) is 7.48. The van der Waals surface area contributed by atoms with Crippen LogP contribution in [0.15, 0.2) is 24.3 Å². The predicted molar refractivity (Wildman–Crippen MR) is 77.1 cm³/mol. The van der Waals surface area contributed by atoms with Gasteiger partial charge in [-0.1, -0.05) is 31.5 Å². The summed E-state index contributed by atoms with van der Waals surface area (Å²) in [7, 11) is 0. The summed E-state index contributed by atoms with van der Waals surface area (Å²) in [6.07, 6.45) is 1.01. The quantitative estimate of drug-likeness (QED) is 0.783. The van der Waals surface area contributed by atoms with E-state index in [0.717, 1.165) is 12.0 Å². The SMILES string of the molecule is CCCC(=O)NNC(=O)C(CC)Oc1ccc(C)cc1. The molecule has 2 amide bonds. The van der Waals surface area contributed by atoms with Crippen LogP contribution in [0, 0.1) is 6.92 Å². The van der Waals surface area contributed by atoms with Crippen LogP contribution in [0.3, 0.4) is 0 Å². The minimum atomic E-state index is -0.625. The van der Waals surface area contributed by atoms with E-state index < -0.39 is 6.10 Å². The summed E-state index contributed by atoms with van der Waals surface area (Å²) in [5.41, 5.74) is 5.89. The van der Waals surface area contributed by atoms with Gasteiger partial charge in [-0.3, -0.25) is 20.4 Å². The first-order valence-electron chi connectivity index (χ1n) is 6.88. The van der Waals surface area contributed by atoms with E-state index in [9.17, 15) is 9.59 Å². The van der Waals surface area contributed by atoms with Crippen molar-refractivity contribution in [2.24, 2.45) is 0 Å². The minimum absolute atomic E-state index is 0.203. The van der Waals surface area contributed by atoms with Crippen molar-refractivity contribution in [3.05, 3.63) is 29.8 Å². The Morgan fingerprint density at radius 3 is 2.35 bits per heavy atom. The Morgan fingerprint density at radius 2 is 1.80 bits per heavy atom. The highest BCUT2D eigenvalue weighted by atomic mass is 16.5. The van der Waals surface area contributed by atoms with Gasteiger partial charge in [-0.2, -0.15) is 0 Å². The molecule has 0 heterocycles. The molecule has 5 nitrogen and oxygen atoms in total. The van der Waals surface area contributed by atoms with Gasteiger partial charge < -0.3 is 4.74 Å². The monoisotopic (exact) mass is 278 g/mol. The number of carbonyl (C=O) groups is 2. The molecule has 0 bridgehead atoms. The summed E-state index contributed by atoms with van der Waals surface area (Å²) in [5.74, 6) is 0.0843. The molecule has 0 spiro atoms. The standard InChI is InChI=1S/C15H22N2O3/c1-4-6-14(18)16-17-15(19)13(5-2)20-12-9-7-11(3)8-10-12/h7-10,13H,4-6H2,1-3H3,(H,16,18)(H,17,19). The first kappa shape index (κ1) is 16.0. The van der Waals surface area contributed by atoms with Crippen molar-refractivity contribution in [2.75, 3.05) is 0 Å². The van der Waals surface area contributed by atoms with E-state index in [-0.39, 0.29) is 11.8 Å². The number of hydrogen-bond donors (Lipinski definition) is 2. The topological polar surface area (TPSA) is 67.4 Å². The average molecular weight is 278 g/mol. The zero-order chi connectivity index (χ0) is 15.0. The van der Waals surface area contributed by atoms with Crippen molar-refractivity contribution < 1.29 is 14.3 Å². The Hall–Kier alpha value is -2.04. The highest BCUT2D eigenvalue weighted by Crippen LogP contribution is 2.14. The first-order chi connectivity index (χ1) is 9.56. The molecule has 0 saturated carbocycles. The Kier molecular flexibility index (Phi) is 6.56. The molecule has 5 heteroatoms. The number of nitrogens with one attached hydrogen (secondary N) is 2. The van der Waals surface area contributed by atoms with Crippen LogP contribution in [0.2, 0.25) is 0 Å². The van der Waals surface area contributed by atoms with Crippen LogP contribution in [0.25, 0.3) is 0 Å².